The molecule has 102 valence electrons. The topological polar surface area (TPSA) is 69.6 Å². The Balaban J connectivity index is 1.79. The van der Waals surface area contributed by atoms with Gasteiger partial charge < -0.3 is 15.3 Å². The van der Waals surface area contributed by atoms with E-state index in [0.717, 1.165) is 25.2 Å². The van der Waals surface area contributed by atoms with Gasteiger partial charge in [0.15, 0.2) is 0 Å². The molecule has 19 heavy (non-hydrogen) atoms. The minimum Gasteiger partial charge on any atom is -0.481 e. The number of nitrogens with one attached hydrogen (secondary N) is 1. The molecule has 1 atom stereocenters. The third-order valence-corrected chi connectivity index (χ3v) is 3.24. The number of benzene rings is 1. The average Bonchev–Trinajstić information content (AvgIpc) is 2.86. The second kappa shape index (κ2) is 6.22. The van der Waals surface area contributed by atoms with Crippen LogP contribution in [0.1, 0.15) is 19.3 Å². The van der Waals surface area contributed by atoms with Gasteiger partial charge in [-0.05, 0) is 18.6 Å². The van der Waals surface area contributed by atoms with Gasteiger partial charge in [0.05, 0.1) is 6.42 Å². The molecule has 1 aliphatic rings. The zero-order valence-corrected chi connectivity index (χ0v) is 10.7. The zero-order valence-electron chi connectivity index (χ0n) is 10.7. The Labute approximate surface area is 112 Å². The lowest BCUT2D eigenvalue weighted by atomic mass is 10.2. The van der Waals surface area contributed by atoms with Gasteiger partial charge in [0.1, 0.15) is 0 Å². The number of hydrogen-bond acceptors (Lipinski definition) is 3. The third kappa shape index (κ3) is 3.98. The molecule has 2 N–H and O–H groups in total. The van der Waals surface area contributed by atoms with Gasteiger partial charge in [0.2, 0.25) is 5.91 Å². The maximum atomic E-state index is 11.6. The molecule has 1 amide bonds. The quantitative estimate of drug-likeness (QED) is 0.837. The highest BCUT2D eigenvalue weighted by Gasteiger charge is 2.23. The molecule has 1 unspecified atom stereocenters. The SMILES string of the molecule is O=C(O)CCC(=O)NC1CCN(c2ccccc2)C1. The largest absolute Gasteiger partial charge is 0.481 e. The summed E-state index contributed by atoms with van der Waals surface area (Å²) < 4.78 is 0. The number of anilines is 1. The molecule has 0 bridgehead atoms. The summed E-state index contributed by atoms with van der Waals surface area (Å²) in [5.41, 5.74) is 1.16. The van der Waals surface area contributed by atoms with E-state index in [-0.39, 0.29) is 24.8 Å². The summed E-state index contributed by atoms with van der Waals surface area (Å²) >= 11 is 0. The van der Waals surface area contributed by atoms with Crippen LogP contribution in [0.5, 0.6) is 0 Å². The summed E-state index contributed by atoms with van der Waals surface area (Å²) in [4.78, 5) is 24.2. The highest BCUT2D eigenvalue weighted by atomic mass is 16.4. The van der Waals surface area contributed by atoms with Gasteiger partial charge in [0, 0.05) is 31.2 Å². The normalized spacial score (nSPS) is 18.3. The average molecular weight is 262 g/mol. The maximum absolute atomic E-state index is 11.6. The van der Waals surface area contributed by atoms with E-state index in [9.17, 15) is 9.59 Å². The monoisotopic (exact) mass is 262 g/mol. The van der Waals surface area contributed by atoms with Crippen molar-refractivity contribution in [1.29, 1.82) is 0 Å². The van der Waals surface area contributed by atoms with Gasteiger partial charge in [-0.2, -0.15) is 0 Å². The van der Waals surface area contributed by atoms with E-state index < -0.39 is 5.97 Å². The molecule has 0 aromatic heterocycles. The summed E-state index contributed by atoms with van der Waals surface area (Å²) in [6, 6.07) is 10.2. The number of carbonyl (C=O) groups is 2. The lowest BCUT2D eigenvalue weighted by Gasteiger charge is -2.18. The lowest BCUT2D eigenvalue weighted by Crippen LogP contribution is -2.37. The molecular formula is C14H18N2O3. The Morgan fingerprint density at radius 2 is 2.00 bits per heavy atom. The third-order valence-electron chi connectivity index (χ3n) is 3.24. The highest BCUT2D eigenvalue weighted by molar-refractivity contribution is 5.80. The second-order valence-corrected chi connectivity index (χ2v) is 4.73. The van der Waals surface area contributed by atoms with E-state index >= 15 is 0 Å². The van der Waals surface area contributed by atoms with Crippen LogP contribution in [0.2, 0.25) is 0 Å². The fourth-order valence-electron chi connectivity index (χ4n) is 2.27. The van der Waals surface area contributed by atoms with Crippen molar-refractivity contribution < 1.29 is 14.7 Å². The van der Waals surface area contributed by atoms with E-state index in [0.29, 0.717) is 0 Å². The number of rotatable bonds is 5. The minimum absolute atomic E-state index is 0.0527. The Hall–Kier alpha value is -2.04. The standard InChI is InChI=1S/C14H18N2O3/c17-13(6-7-14(18)19)15-11-8-9-16(10-11)12-4-2-1-3-5-12/h1-5,11H,6-10H2,(H,15,17)(H,18,19). The van der Waals surface area contributed by atoms with E-state index in [1.165, 1.54) is 0 Å². The number of nitrogens with zero attached hydrogens (tertiary/aromatic N) is 1. The summed E-state index contributed by atoms with van der Waals surface area (Å²) in [5, 5.41) is 11.4. The summed E-state index contributed by atoms with van der Waals surface area (Å²) in [6.45, 7) is 1.69. The van der Waals surface area contributed by atoms with Crippen molar-refractivity contribution in [3.05, 3.63) is 30.3 Å². The molecule has 0 spiro atoms. The molecule has 1 aromatic rings. The molecular weight excluding hydrogens is 244 g/mol. The van der Waals surface area contributed by atoms with Crippen LogP contribution in [0.3, 0.4) is 0 Å². The van der Waals surface area contributed by atoms with Crippen molar-refractivity contribution in [2.24, 2.45) is 0 Å². The van der Waals surface area contributed by atoms with Gasteiger partial charge >= 0.3 is 5.97 Å². The molecule has 5 nitrogen and oxygen atoms in total. The van der Waals surface area contributed by atoms with Crippen LogP contribution in [-0.4, -0.2) is 36.1 Å². The highest BCUT2D eigenvalue weighted by Crippen LogP contribution is 2.19. The smallest absolute Gasteiger partial charge is 0.303 e. The van der Waals surface area contributed by atoms with Crippen molar-refractivity contribution >= 4 is 17.6 Å². The number of hydrogen-bond donors (Lipinski definition) is 2. The van der Waals surface area contributed by atoms with Crippen LogP contribution in [0.15, 0.2) is 30.3 Å². The number of para-hydroxylation sites is 1. The number of amides is 1. The molecule has 1 saturated heterocycles. The summed E-state index contributed by atoms with van der Waals surface area (Å²) in [5.74, 6) is -1.12. The molecule has 0 radical (unpaired) electrons. The molecule has 2 rings (SSSR count). The molecule has 1 aliphatic heterocycles. The number of carboxylic acid groups (broad SMARTS) is 1. The molecule has 0 saturated carbocycles. The predicted molar refractivity (Wildman–Crippen MR) is 72.1 cm³/mol. The maximum Gasteiger partial charge on any atom is 0.303 e. The van der Waals surface area contributed by atoms with Gasteiger partial charge in [-0.25, -0.2) is 0 Å². The van der Waals surface area contributed by atoms with E-state index in [1.54, 1.807) is 0 Å². The second-order valence-electron chi connectivity index (χ2n) is 4.73. The lowest BCUT2D eigenvalue weighted by molar-refractivity contribution is -0.138. The predicted octanol–water partition coefficient (Wildman–Crippen LogP) is 1.25. The van der Waals surface area contributed by atoms with E-state index in [4.69, 9.17) is 5.11 Å². The van der Waals surface area contributed by atoms with Crippen molar-refractivity contribution in [1.82, 2.24) is 5.32 Å². The van der Waals surface area contributed by atoms with Gasteiger partial charge in [0.25, 0.3) is 0 Å². The van der Waals surface area contributed by atoms with Crippen molar-refractivity contribution in [2.45, 2.75) is 25.3 Å². The van der Waals surface area contributed by atoms with Crippen LogP contribution in [0.25, 0.3) is 0 Å². The molecule has 1 heterocycles. The molecule has 1 aromatic carbocycles. The fraction of sp³-hybridized carbons (Fsp3) is 0.429. The summed E-state index contributed by atoms with van der Waals surface area (Å²) in [7, 11) is 0. The first-order chi connectivity index (χ1) is 9.15. The molecule has 1 fully saturated rings. The Morgan fingerprint density at radius 1 is 1.26 bits per heavy atom. The number of carbonyl (C=O) groups excluding carboxylic acids is 1. The van der Waals surface area contributed by atoms with E-state index in [2.05, 4.69) is 22.3 Å². The van der Waals surface area contributed by atoms with E-state index in [1.807, 2.05) is 18.2 Å². The Morgan fingerprint density at radius 3 is 2.68 bits per heavy atom. The van der Waals surface area contributed by atoms with Crippen LogP contribution in [-0.2, 0) is 9.59 Å². The Bertz CT molecular complexity index is 447. The van der Waals surface area contributed by atoms with Gasteiger partial charge in [-0.15, -0.1) is 0 Å². The van der Waals surface area contributed by atoms with Crippen LogP contribution >= 0.6 is 0 Å². The number of aliphatic carboxylic acids is 1. The first-order valence-electron chi connectivity index (χ1n) is 6.46. The Kier molecular flexibility index (Phi) is 4.39. The number of carboxylic acids is 1. The van der Waals surface area contributed by atoms with Gasteiger partial charge in [-0.3, -0.25) is 9.59 Å². The first-order valence-corrected chi connectivity index (χ1v) is 6.46. The zero-order chi connectivity index (χ0) is 13.7. The van der Waals surface area contributed by atoms with Crippen molar-refractivity contribution in [2.75, 3.05) is 18.0 Å². The van der Waals surface area contributed by atoms with Crippen molar-refractivity contribution in [3.8, 4) is 0 Å². The van der Waals surface area contributed by atoms with Gasteiger partial charge in [-0.1, -0.05) is 18.2 Å². The summed E-state index contributed by atoms with van der Waals surface area (Å²) in [6.07, 6.45) is 0.839. The molecule has 5 heteroatoms. The van der Waals surface area contributed by atoms with Crippen LogP contribution < -0.4 is 10.2 Å². The van der Waals surface area contributed by atoms with Crippen LogP contribution in [0, 0.1) is 0 Å². The molecule has 0 aliphatic carbocycles. The van der Waals surface area contributed by atoms with Crippen molar-refractivity contribution in [3.63, 3.8) is 0 Å². The van der Waals surface area contributed by atoms with Crippen LogP contribution in [0.4, 0.5) is 5.69 Å². The fourth-order valence-corrected chi connectivity index (χ4v) is 2.27. The minimum atomic E-state index is -0.938. The first kappa shape index (κ1) is 13.4.